The van der Waals surface area contributed by atoms with Gasteiger partial charge >= 0.3 is 0 Å². The smallest absolute Gasteiger partial charge is 0.208 e. The van der Waals surface area contributed by atoms with E-state index < -0.39 is 40.7 Å². The highest BCUT2D eigenvalue weighted by Gasteiger charge is 2.48. The number of ether oxygens (including phenoxy) is 2. The molecule has 2 atom stereocenters. The third-order valence-corrected chi connectivity index (χ3v) is 19.8. The summed E-state index contributed by atoms with van der Waals surface area (Å²) in [6.07, 6.45) is 6.04. The highest BCUT2D eigenvalue weighted by atomic mass is 32.2. The molecule has 9 rings (SSSR count). The molecule has 2 aliphatic rings. The molecule has 0 aromatic heterocycles. The first-order valence-electron chi connectivity index (χ1n) is 21.5. The summed E-state index contributed by atoms with van der Waals surface area (Å²) in [6, 6.07) is 49.8. The minimum atomic E-state index is -3.84. The van der Waals surface area contributed by atoms with Crippen molar-refractivity contribution in [3.8, 4) is 22.6 Å². The Bertz CT molecular complexity index is 3250. The number of sulfone groups is 2. The molecule has 6 nitrogen and oxygen atoms in total. The second-order valence-corrected chi connectivity index (χ2v) is 23.5. The molecule has 0 spiro atoms. The van der Waals surface area contributed by atoms with Gasteiger partial charge in [0.1, 0.15) is 16.6 Å². The average molecular weight is 916 g/mol. The van der Waals surface area contributed by atoms with E-state index in [9.17, 15) is 16.8 Å². The number of methoxy groups -OCH3 is 2. The molecule has 2 unspecified atom stereocenters. The lowest BCUT2D eigenvalue weighted by Crippen LogP contribution is -2.35. The second kappa shape index (κ2) is 16.7. The van der Waals surface area contributed by atoms with E-state index in [2.05, 4.69) is 72.8 Å². The van der Waals surface area contributed by atoms with Gasteiger partial charge in [-0.05, 0) is 152 Å². The van der Waals surface area contributed by atoms with Crippen molar-refractivity contribution in [2.75, 3.05) is 14.2 Å². The summed E-state index contributed by atoms with van der Waals surface area (Å²) in [4.78, 5) is 3.40. The Kier molecular flexibility index (Phi) is 11.3. The molecule has 0 bridgehead atoms. The Morgan fingerprint density at radius 3 is 1.69 bits per heavy atom. The largest absolute Gasteiger partial charge is 0.497 e. The standard InChI is InChI=1S/C56H51O6S3/c1-37-16-28-53(39(3)34-37)64(57,58)46-25-23-44(24-26-46)63(45-30-32-55(5,33-31-45)65(59,60)54-29-17-38(2)35-40(54)4)52-36-42(20-27-51(52)62-7)56(41-18-21-43(61-6)22-19-41)49-14-10-8-12-47(49)48-13-9-11-15-50(48)56/h8-32,34-36H,33H2,1-7H3/q+1. The fraction of sp³-hybridized carbons (Fsp3) is 0.179. The van der Waals surface area contributed by atoms with Crippen molar-refractivity contribution in [2.45, 2.75) is 75.7 Å². The lowest BCUT2D eigenvalue weighted by molar-refractivity contribution is 0.404. The molecule has 0 aliphatic heterocycles. The molecule has 7 aromatic rings. The number of hydrogen-bond donors (Lipinski definition) is 0. The van der Waals surface area contributed by atoms with Crippen molar-refractivity contribution in [2.24, 2.45) is 0 Å². The van der Waals surface area contributed by atoms with Crippen LogP contribution in [-0.2, 0) is 36.0 Å². The Labute approximate surface area is 386 Å². The van der Waals surface area contributed by atoms with Gasteiger partial charge < -0.3 is 9.47 Å². The summed E-state index contributed by atoms with van der Waals surface area (Å²) in [5.41, 5.74) is 9.33. The maximum absolute atomic E-state index is 14.5. The number of allylic oxidation sites excluding steroid dienone is 2. The van der Waals surface area contributed by atoms with E-state index in [1.54, 1.807) is 45.4 Å². The lowest BCUT2D eigenvalue weighted by atomic mass is 9.67. The molecule has 0 fully saturated rings. The summed E-state index contributed by atoms with van der Waals surface area (Å²) in [6.45, 7) is 9.35. The molecule has 0 N–H and O–H groups in total. The summed E-state index contributed by atoms with van der Waals surface area (Å²) in [5.74, 6) is 1.41. The quantitative estimate of drug-likeness (QED) is 0.120. The highest BCUT2D eigenvalue weighted by Crippen LogP contribution is 2.57. The van der Waals surface area contributed by atoms with Gasteiger partial charge in [-0.3, -0.25) is 0 Å². The average Bonchev–Trinajstić information content (AvgIpc) is 3.60. The summed E-state index contributed by atoms with van der Waals surface area (Å²) in [7, 11) is -5.22. The van der Waals surface area contributed by atoms with Crippen molar-refractivity contribution in [3.63, 3.8) is 0 Å². The maximum Gasteiger partial charge on any atom is 0.208 e. The lowest BCUT2D eigenvalue weighted by Gasteiger charge is -2.34. The van der Waals surface area contributed by atoms with Crippen LogP contribution in [0.2, 0.25) is 0 Å². The van der Waals surface area contributed by atoms with Gasteiger partial charge in [-0.2, -0.15) is 0 Å². The topological polar surface area (TPSA) is 86.7 Å². The van der Waals surface area contributed by atoms with Gasteiger partial charge in [0.2, 0.25) is 14.7 Å². The van der Waals surface area contributed by atoms with Crippen LogP contribution in [-0.4, -0.2) is 35.8 Å². The molecule has 65 heavy (non-hydrogen) atoms. The number of fused-ring (bicyclic) bond motifs is 3. The third-order valence-electron chi connectivity index (χ3n) is 13.1. The zero-order valence-corrected chi connectivity index (χ0v) is 40.0. The zero-order valence-electron chi connectivity index (χ0n) is 37.5. The van der Waals surface area contributed by atoms with Crippen molar-refractivity contribution in [3.05, 3.63) is 219 Å². The highest BCUT2D eigenvalue weighted by molar-refractivity contribution is 8.01. The van der Waals surface area contributed by atoms with E-state index in [1.165, 1.54) is 0 Å². The Balaban J connectivity index is 1.25. The van der Waals surface area contributed by atoms with Crippen LogP contribution in [0.3, 0.4) is 0 Å². The number of benzene rings is 7. The molecule has 0 saturated heterocycles. The van der Waals surface area contributed by atoms with Gasteiger partial charge in [0, 0.05) is 6.07 Å². The van der Waals surface area contributed by atoms with E-state index >= 15 is 0 Å². The van der Waals surface area contributed by atoms with Crippen LogP contribution in [0.4, 0.5) is 0 Å². The van der Waals surface area contributed by atoms with E-state index in [0.717, 1.165) is 65.0 Å². The normalized spacial score (nSPS) is 16.9. The van der Waals surface area contributed by atoms with Crippen molar-refractivity contribution in [1.82, 2.24) is 0 Å². The number of rotatable bonds is 11. The van der Waals surface area contributed by atoms with Crippen LogP contribution in [0.5, 0.6) is 11.5 Å². The van der Waals surface area contributed by atoms with Gasteiger partial charge in [0.25, 0.3) is 0 Å². The van der Waals surface area contributed by atoms with Gasteiger partial charge in [-0.25, -0.2) is 16.8 Å². The predicted molar refractivity (Wildman–Crippen MR) is 262 cm³/mol. The van der Waals surface area contributed by atoms with Crippen molar-refractivity contribution >= 4 is 30.6 Å². The van der Waals surface area contributed by atoms with E-state index in [-0.39, 0.29) is 16.2 Å². The molecule has 0 amide bonds. The van der Waals surface area contributed by atoms with E-state index in [4.69, 9.17) is 9.47 Å². The van der Waals surface area contributed by atoms with Gasteiger partial charge in [0.15, 0.2) is 25.4 Å². The Morgan fingerprint density at radius 1 is 0.585 bits per heavy atom. The van der Waals surface area contributed by atoms with Gasteiger partial charge in [-0.1, -0.05) is 108 Å². The molecule has 9 heteroatoms. The fourth-order valence-electron chi connectivity index (χ4n) is 9.71. The summed E-state index contributed by atoms with van der Waals surface area (Å²) in [5, 5.41) is 0. The van der Waals surface area contributed by atoms with Crippen molar-refractivity contribution < 1.29 is 26.3 Å². The fourth-order valence-corrected chi connectivity index (χ4v) is 15.2. The molecule has 2 aliphatic carbocycles. The molecule has 7 aromatic carbocycles. The van der Waals surface area contributed by atoms with Crippen molar-refractivity contribution in [1.29, 1.82) is 0 Å². The van der Waals surface area contributed by atoms with Gasteiger partial charge in [-0.15, -0.1) is 0 Å². The van der Waals surface area contributed by atoms with Crippen LogP contribution < -0.4 is 9.47 Å². The van der Waals surface area contributed by atoms with Crippen LogP contribution in [0.25, 0.3) is 11.1 Å². The molecule has 0 saturated carbocycles. The molecule has 0 heterocycles. The Hall–Kier alpha value is -6.13. The molecular formula is C56H51O6S3+. The Morgan fingerprint density at radius 2 is 1.15 bits per heavy atom. The third kappa shape index (κ3) is 7.25. The predicted octanol–water partition coefficient (Wildman–Crippen LogP) is 12.2. The molecule has 328 valence electrons. The first-order chi connectivity index (χ1) is 31.1. The summed E-state index contributed by atoms with van der Waals surface area (Å²) >= 11 is 0. The van der Waals surface area contributed by atoms with Crippen LogP contribution in [0.1, 0.15) is 57.9 Å². The summed E-state index contributed by atoms with van der Waals surface area (Å²) < 4.78 is 67.9. The monoisotopic (exact) mass is 915 g/mol. The minimum Gasteiger partial charge on any atom is -0.497 e. The van der Waals surface area contributed by atoms with E-state index in [1.807, 2.05) is 101 Å². The molecule has 0 radical (unpaired) electrons. The minimum absolute atomic E-state index is 0.190. The maximum atomic E-state index is 14.5. The SMILES string of the molecule is COc1ccc(C2(c3ccc(OC)c([S+](C4=CCC(C)(S(=O)(=O)c5ccc(C)cc5C)C=C4)c4ccc(S(=O)(=O)c5ccc(C)cc5C)cc4)c3)c3ccccc3-c3ccccc32)cc1. The second-order valence-electron chi connectivity index (χ2n) is 17.2. The first kappa shape index (κ1) is 44.1. The zero-order chi connectivity index (χ0) is 45.9. The number of hydrogen-bond acceptors (Lipinski definition) is 6. The molecular weight excluding hydrogens is 865 g/mol. The van der Waals surface area contributed by atoms with E-state index in [0.29, 0.717) is 21.8 Å². The number of aryl methyl sites for hydroxylation is 4. The first-order valence-corrected chi connectivity index (χ1v) is 25.7. The van der Waals surface area contributed by atoms with Crippen LogP contribution in [0.15, 0.2) is 199 Å². The van der Waals surface area contributed by atoms with Crippen LogP contribution >= 0.6 is 0 Å². The van der Waals surface area contributed by atoms with Crippen LogP contribution in [0, 0.1) is 27.7 Å². The van der Waals surface area contributed by atoms with Gasteiger partial charge in [0.05, 0.1) is 39.1 Å².